The van der Waals surface area contributed by atoms with E-state index in [9.17, 15) is 13.2 Å². The Morgan fingerprint density at radius 1 is 0.929 bits per heavy atom. The van der Waals surface area contributed by atoms with Crippen LogP contribution in [0.5, 0.6) is 5.75 Å². The van der Waals surface area contributed by atoms with Crippen molar-refractivity contribution in [2.24, 2.45) is 0 Å². The van der Waals surface area contributed by atoms with Crippen molar-refractivity contribution in [3.63, 3.8) is 0 Å². The van der Waals surface area contributed by atoms with Gasteiger partial charge in [0.15, 0.2) is 6.61 Å². The molecule has 0 saturated carbocycles. The lowest BCUT2D eigenvalue weighted by molar-refractivity contribution is -0.134. The van der Waals surface area contributed by atoms with Crippen LogP contribution < -0.4 is 4.74 Å². The Kier molecular flexibility index (Phi) is 5.37. The summed E-state index contributed by atoms with van der Waals surface area (Å²) in [6.07, 6.45) is 3.06. The normalized spacial score (nSPS) is 17.4. The number of benzene rings is 2. The molecule has 28 heavy (non-hydrogen) atoms. The number of rotatable bonds is 5. The van der Waals surface area contributed by atoms with Crippen LogP contribution in [0.3, 0.4) is 0 Å². The van der Waals surface area contributed by atoms with E-state index in [2.05, 4.69) is 0 Å². The van der Waals surface area contributed by atoms with Gasteiger partial charge in [0.1, 0.15) is 5.75 Å². The van der Waals surface area contributed by atoms with Crippen LogP contribution in [-0.2, 0) is 27.7 Å². The zero-order valence-electron chi connectivity index (χ0n) is 15.7. The van der Waals surface area contributed by atoms with Crippen LogP contribution in [-0.4, -0.2) is 56.3 Å². The van der Waals surface area contributed by atoms with Gasteiger partial charge in [-0.15, -0.1) is 0 Å². The fourth-order valence-corrected chi connectivity index (χ4v) is 5.26. The maximum Gasteiger partial charge on any atom is 0.260 e. The van der Waals surface area contributed by atoms with E-state index in [4.69, 9.17) is 4.74 Å². The molecule has 4 rings (SSSR count). The number of hydrogen-bond acceptors (Lipinski definition) is 4. The zero-order chi connectivity index (χ0) is 19.6. The first-order chi connectivity index (χ1) is 13.5. The Hall–Kier alpha value is -2.38. The number of sulfonamides is 1. The summed E-state index contributed by atoms with van der Waals surface area (Å²) in [6, 6.07) is 14.7. The Labute approximate surface area is 165 Å². The highest BCUT2D eigenvalue weighted by atomic mass is 32.2. The third-order valence-corrected chi connectivity index (χ3v) is 7.30. The first kappa shape index (κ1) is 19.0. The van der Waals surface area contributed by atoms with Crippen molar-refractivity contribution in [2.75, 3.05) is 32.8 Å². The van der Waals surface area contributed by atoms with E-state index >= 15 is 0 Å². The van der Waals surface area contributed by atoms with Crippen LogP contribution in [0.15, 0.2) is 53.4 Å². The first-order valence-electron chi connectivity index (χ1n) is 9.61. The minimum atomic E-state index is -3.52. The molecule has 0 spiro atoms. The quantitative estimate of drug-likeness (QED) is 0.771. The maximum absolute atomic E-state index is 13.0. The third kappa shape index (κ3) is 3.91. The zero-order valence-corrected chi connectivity index (χ0v) is 16.5. The lowest BCUT2D eigenvalue weighted by Crippen LogP contribution is -2.51. The van der Waals surface area contributed by atoms with Crippen molar-refractivity contribution in [1.82, 2.24) is 9.21 Å². The van der Waals surface area contributed by atoms with Crippen molar-refractivity contribution < 1.29 is 17.9 Å². The number of fused-ring (bicyclic) bond motifs is 1. The average Bonchev–Trinajstić information content (AvgIpc) is 3.21. The van der Waals surface area contributed by atoms with Gasteiger partial charge in [-0.25, -0.2) is 8.42 Å². The predicted octanol–water partition coefficient (Wildman–Crippen LogP) is 2.09. The SMILES string of the molecule is O=C(COc1ccccc1)N1CCN(S(=O)(=O)c2ccc3c(c2)CCC3)CC1. The molecule has 0 unspecified atom stereocenters. The summed E-state index contributed by atoms with van der Waals surface area (Å²) in [5.74, 6) is 0.520. The highest BCUT2D eigenvalue weighted by Crippen LogP contribution is 2.26. The summed E-state index contributed by atoms with van der Waals surface area (Å²) in [5, 5.41) is 0. The van der Waals surface area contributed by atoms with Gasteiger partial charge in [0.25, 0.3) is 5.91 Å². The van der Waals surface area contributed by atoms with E-state index in [1.165, 1.54) is 9.87 Å². The largest absolute Gasteiger partial charge is 0.484 e. The first-order valence-corrected chi connectivity index (χ1v) is 11.1. The van der Waals surface area contributed by atoms with Crippen LogP contribution >= 0.6 is 0 Å². The molecule has 148 valence electrons. The van der Waals surface area contributed by atoms with Crippen LogP contribution in [0.25, 0.3) is 0 Å². The summed E-state index contributed by atoms with van der Waals surface area (Å²) >= 11 is 0. The number of hydrogen-bond donors (Lipinski definition) is 0. The molecule has 0 bridgehead atoms. The van der Waals surface area contributed by atoms with Crippen LogP contribution in [0.2, 0.25) is 0 Å². The Bertz CT molecular complexity index is 952. The van der Waals surface area contributed by atoms with E-state index < -0.39 is 10.0 Å². The summed E-state index contributed by atoms with van der Waals surface area (Å²) < 4.78 is 32.9. The van der Waals surface area contributed by atoms with Crippen molar-refractivity contribution in [3.8, 4) is 5.75 Å². The summed E-state index contributed by atoms with van der Waals surface area (Å²) in [4.78, 5) is 14.4. The van der Waals surface area contributed by atoms with E-state index in [1.54, 1.807) is 23.1 Å². The molecule has 1 aliphatic heterocycles. The molecule has 0 radical (unpaired) electrons. The van der Waals surface area contributed by atoms with Crippen LogP contribution in [0, 0.1) is 0 Å². The summed E-state index contributed by atoms with van der Waals surface area (Å²) in [6.45, 7) is 1.32. The Balaban J connectivity index is 1.35. The number of piperazine rings is 1. The number of carbonyl (C=O) groups excluding carboxylic acids is 1. The van der Waals surface area contributed by atoms with E-state index in [0.29, 0.717) is 36.8 Å². The number of aryl methyl sites for hydroxylation is 2. The van der Waals surface area contributed by atoms with Crippen LogP contribution in [0.4, 0.5) is 0 Å². The molecule has 1 amide bonds. The van der Waals surface area contributed by atoms with Crippen molar-refractivity contribution >= 4 is 15.9 Å². The van der Waals surface area contributed by atoms with Gasteiger partial charge >= 0.3 is 0 Å². The molecule has 2 aromatic carbocycles. The lowest BCUT2D eigenvalue weighted by atomic mass is 10.1. The lowest BCUT2D eigenvalue weighted by Gasteiger charge is -2.34. The number of para-hydroxylation sites is 1. The molecule has 6 nitrogen and oxygen atoms in total. The highest BCUT2D eigenvalue weighted by molar-refractivity contribution is 7.89. The maximum atomic E-state index is 13.0. The molecular formula is C21H24N2O4S. The molecule has 2 aromatic rings. The number of amides is 1. The van der Waals surface area contributed by atoms with E-state index in [0.717, 1.165) is 24.8 Å². The van der Waals surface area contributed by atoms with Gasteiger partial charge in [0.05, 0.1) is 4.90 Å². The van der Waals surface area contributed by atoms with Gasteiger partial charge in [-0.2, -0.15) is 4.31 Å². The summed E-state index contributed by atoms with van der Waals surface area (Å²) in [5.41, 5.74) is 2.40. The van der Waals surface area contributed by atoms with Gasteiger partial charge in [-0.05, 0) is 54.7 Å². The second-order valence-electron chi connectivity index (χ2n) is 7.17. The standard InChI is InChI=1S/C21H24N2O4S/c24-21(16-27-19-7-2-1-3-8-19)22-11-13-23(14-12-22)28(25,26)20-10-9-17-5-4-6-18(17)15-20/h1-3,7-10,15H,4-6,11-14,16H2. The monoisotopic (exact) mass is 400 g/mol. The average molecular weight is 401 g/mol. The van der Waals surface area contributed by atoms with E-state index in [-0.39, 0.29) is 12.5 Å². The minimum Gasteiger partial charge on any atom is -0.484 e. The molecule has 0 N–H and O–H groups in total. The fraction of sp³-hybridized carbons (Fsp3) is 0.381. The Morgan fingerprint density at radius 3 is 2.39 bits per heavy atom. The van der Waals surface area contributed by atoms with Crippen molar-refractivity contribution in [2.45, 2.75) is 24.2 Å². The molecule has 2 aliphatic rings. The molecule has 1 heterocycles. The third-order valence-electron chi connectivity index (χ3n) is 5.40. The van der Waals surface area contributed by atoms with Crippen molar-refractivity contribution in [3.05, 3.63) is 59.7 Å². The topological polar surface area (TPSA) is 66.9 Å². The summed E-state index contributed by atoms with van der Waals surface area (Å²) in [7, 11) is -3.52. The second kappa shape index (κ2) is 7.93. The van der Waals surface area contributed by atoms with Gasteiger partial charge < -0.3 is 9.64 Å². The highest BCUT2D eigenvalue weighted by Gasteiger charge is 2.30. The second-order valence-corrected chi connectivity index (χ2v) is 9.11. The van der Waals surface area contributed by atoms with Crippen molar-refractivity contribution in [1.29, 1.82) is 0 Å². The smallest absolute Gasteiger partial charge is 0.260 e. The van der Waals surface area contributed by atoms with Gasteiger partial charge in [0, 0.05) is 26.2 Å². The molecule has 1 aliphatic carbocycles. The molecule has 7 heteroatoms. The molecule has 1 fully saturated rings. The molecule has 1 saturated heterocycles. The molecule has 0 atom stereocenters. The van der Waals surface area contributed by atoms with Gasteiger partial charge in [0.2, 0.25) is 10.0 Å². The van der Waals surface area contributed by atoms with Crippen LogP contribution in [0.1, 0.15) is 17.5 Å². The molecular weight excluding hydrogens is 376 g/mol. The van der Waals surface area contributed by atoms with Gasteiger partial charge in [-0.3, -0.25) is 4.79 Å². The number of ether oxygens (including phenoxy) is 1. The minimum absolute atomic E-state index is 0.0401. The predicted molar refractivity (Wildman–Crippen MR) is 106 cm³/mol. The number of nitrogens with zero attached hydrogens (tertiary/aromatic N) is 2. The van der Waals surface area contributed by atoms with E-state index in [1.807, 2.05) is 30.3 Å². The number of carbonyl (C=O) groups is 1. The van der Waals surface area contributed by atoms with Gasteiger partial charge in [-0.1, -0.05) is 24.3 Å². The molecule has 0 aromatic heterocycles. The fourth-order valence-electron chi connectivity index (χ4n) is 3.79. The Morgan fingerprint density at radius 2 is 1.64 bits per heavy atom.